The van der Waals surface area contributed by atoms with Crippen molar-refractivity contribution in [2.24, 2.45) is 5.73 Å². The third-order valence-electron chi connectivity index (χ3n) is 2.09. The molecule has 0 unspecified atom stereocenters. The van der Waals surface area contributed by atoms with Gasteiger partial charge in [-0.05, 0) is 25.5 Å². The van der Waals surface area contributed by atoms with Crippen LogP contribution in [0.4, 0.5) is 13.2 Å². The van der Waals surface area contributed by atoms with Crippen LogP contribution in [-0.4, -0.2) is 12.3 Å². The number of hydrogen-bond donors (Lipinski definition) is 1. The number of aryl methyl sites for hydroxylation is 1. The first-order valence-corrected chi connectivity index (χ1v) is 4.38. The molecule has 0 aromatic heterocycles. The molecular formula is C10H10F3NO2. The lowest BCUT2D eigenvalue weighted by molar-refractivity contribution is -0.275. The fourth-order valence-electron chi connectivity index (χ4n) is 1.37. The molecule has 0 atom stereocenters. The van der Waals surface area contributed by atoms with Crippen LogP contribution in [0.3, 0.4) is 0 Å². The summed E-state index contributed by atoms with van der Waals surface area (Å²) in [5, 5.41) is 0. The summed E-state index contributed by atoms with van der Waals surface area (Å²) in [6, 6.07) is 2.73. The van der Waals surface area contributed by atoms with Gasteiger partial charge in [0.05, 0.1) is 0 Å². The molecule has 0 saturated carbocycles. The van der Waals surface area contributed by atoms with Gasteiger partial charge in [-0.15, -0.1) is 13.2 Å². The lowest BCUT2D eigenvalue weighted by Gasteiger charge is -2.15. The second-order valence-electron chi connectivity index (χ2n) is 3.30. The van der Waals surface area contributed by atoms with Gasteiger partial charge in [0.15, 0.2) is 0 Å². The second-order valence-corrected chi connectivity index (χ2v) is 3.30. The van der Waals surface area contributed by atoms with Gasteiger partial charge in [-0.25, -0.2) is 0 Å². The molecule has 0 fully saturated rings. The predicted octanol–water partition coefficient (Wildman–Crippen LogP) is 2.30. The lowest BCUT2D eigenvalue weighted by Crippen LogP contribution is -2.20. The van der Waals surface area contributed by atoms with Crippen molar-refractivity contribution in [2.45, 2.75) is 20.2 Å². The second kappa shape index (κ2) is 4.03. The third kappa shape index (κ3) is 2.65. The molecule has 0 heterocycles. The number of ether oxygens (including phenoxy) is 1. The monoisotopic (exact) mass is 233 g/mol. The molecule has 0 aliphatic rings. The van der Waals surface area contributed by atoms with Crippen molar-refractivity contribution in [1.82, 2.24) is 0 Å². The normalized spacial score (nSPS) is 11.3. The number of rotatable bonds is 2. The van der Waals surface area contributed by atoms with Crippen LogP contribution in [0, 0.1) is 13.8 Å². The number of primary amides is 1. The minimum Gasteiger partial charge on any atom is -0.405 e. The Morgan fingerprint density at radius 1 is 1.31 bits per heavy atom. The van der Waals surface area contributed by atoms with E-state index in [0.717, 1.165) is 0 Å². The van der Waals surface area contributed by atoms with E-state index in [2.05, 4.69) is 4.74 Å². The Kier molecular flexibility index (Phi) is 3.11. The number of nitrogens with two attached hydrogens (primary N) is 1. The van der Waals surface area contributed by atoms with Crippen LogP contribution >= 0.6 is 0 Å². The number of benzene rings is 1. The van der Waals surface area contributed by atoms with Crippen LogP contribution in [0.5, 0.6) is 5.75 Å². The molecule has 0 bridgehead atoms. The molecule has 0 radical (unpaired) electrons. The highest BCUT2D eigenvalue weighted by molar-refractivity contribution is 5.95. The van der Waals surface area contributed by atoms with Crippen LogP contribution in [0.25, 0.3) is 0 Å². The Hall–Kier alpha value is -1.72. The first-order valence-electron chi connectivity index (χ1n) is 4.38. The zero-order valence-electron chi connectivity index (χ0n) is 8.68. The molecule has 1 aromatic carbocycles. The van der Waals surface area contributed by atoms with E-state index in [9.17, 15) is 18.0 Å². The molecule has 1 amide bonds. The Morgan fingerprint density at radius 2 is 1.88 bits per heavy atom. The summed E-state index contributed by atoms with van der Waals surface area (Å²) in [7, 11) is 0. The summed E-state index contributed by atoms with van der Waals surface area (Å²) in [4.78, 5) is 10.9. The molecule has 16 heavy (non-hydrogen) atoms. The average Bonchev–Trinajstić information content (AvgIpc) is 2.10. The van der Waals surface area contributed by atoms with Crippen molar-refractivity contribution in [1.29, 1.82) is 0 Å². The molecule has 1 aromatic rings. The highest BCUT2D eigenvalue weighted by atomic mass is 19.4. The minimum absolute atomic E-state index is 0.0184. The fraction of sp³-hybridized carbons (Fsp3) is 0.300. The zero-order chi connectivity index (χ0) is 12.5. The molecule has 6 heteroatoms. The van der Waals surface area contributed by atoms with Crippen LogP contribution in [-0.2, 0) is 0 Å². The minimum atomic E-state index is -4.79. The average molecular weight is 233 g/mol. The number of alkyl halides is 3. The predicted molar refractivity (Wildman–Crippen MR) is 51.1 cm³/mol. The SMILES string of the molecule is Cc1ccc(C(N)=O)c(C)c1OC(F)(F)F. The van der Waals surface area contributed by atoms with Crippen molar-refractivity contribution in [3.63, 3.8) is 0 Å². The number of amides is 1. The molecule has 0 saturated heterocycles. The molecule has 0 spiro atoms. The summed E-state index contributed by atoms with van der Waals surface area (Å²) in [5.41, 5.74) is 5.42. The van der Waals surface area contributed by atoms with Gasteiger partial charge in [0.1, 0.15) is 5.75 Å². The highest BCUT2D eigenvalue weighted by Crippen LogP contribution is 2.31. The molecular weight excluding hydrogens is 223 g/mol. The standard InChI is InChI=1S/C10H10F3NO2/c1-5-3-4-7(9(14)15)6(2)8(5)16-10(11,12)13/h3-4H,1-2H3,(H2,14,15). The topological polar surface area (TPSA) is 52.3 Å². The Labute approximate surface area is 90.0 Å². The summed E-state index contributed by atoms with van der Waals surface area (Å²) in [6.07, 6.45) is -4.79. The van der Waals surface area contributed by atoms with E-state index in [-0.39, 0.29) is 16.9 Å². The molecule has 3 nitrogen and oxygen atoms in total. The van der Waals surface area contributed by atoms with Crippen LogP contribution in [0.1, 0.15) is 21.5 Å². The van der Waals surface area contributed by atoms with E-state index in [1.807, 2.05) is 0 Å². The molecule has 0 aliphatic heterocycles. The number of carbonyl (C=O) groups is 1. The summed E-state index contributed by atoms with van der Waals surface area (Å²) in [5.74, 6) is -1.16. The Bertz CT molecular complexity index is 427. The maximum atomic E-state index is 12.1. The van der Waals surface area contributed by atoms with Crippen molar-refractivity contribution in [3.05, 3.63) is 28.8 Å². The van der Waals surface area contributed by atoms with Crippen molar-refractivity contribution in [3.8, 4) is 5.75 Å². The van der Waals surface area contributed by atoms with Gasteiger partial charge in [0, 0.05) is 11.1 Å². The van der Waals surface area contributed by atoms with E-state index in [1.54, 1.807) is 0 Å². The first-order chi connectivity index (χ1) is 7.22. The lowest BCUT2D eigenvalue weighted by atomic mass is 10.0. The third-order valence-corrected chi connectivity index (χ3v) is 2.09. The van der Waals surface area contributed by atoms with Gasteiger partial charge in [-0.3, -0.25) is 4.79 Å². The van der Waals surface area contributed by atoms with Crippen LogP contribution in [0.15, 0.2) is 12.1 Å². The van der Waals surface area contributed by atoms with Crippen LogP contribution in [0.2, 0.25) is 0 Å². The van der Waals surface area contributed by atoms with E-state index in [0.29, 0.717) is 5.56 Å². The quantitative estimate of drug-likeness (QED) is 0.852. The summed E-state index contributed by atoms with van der Waals surface area (Å²) in [6.45, 7) is 2.81. The number of hydrogen-bond acceptors (Lipinski definition) is 2. The number of carbonyl (C=O) groups excluding carboxylic acids is 1. The maximum Gasteiger partial charge on any atom is 0.573 e. The fourth-order valence-corrected chi connectivity index (χ4v) is 1.37. The molecule has 88 valence electrons. The van der Waals surface area contributed by atoms with Crippen molar-refractivity contribution >= 4 is 5.91 Å². The largest absolute Gasteiger partial charge is 0.573 e. The Balaban J connectivity index is 3.27. The zero-order valence-corrected chi connectivity index (χ0v) is 8.68. The van der Waals surface area contributed by atoms with Crippen LogP contribution < -0.4 is 10.5 Å². The van der Waals surface area contributed by atoms with Gasteiger partial charge >= 0.3 is 6.36 Å². The molecule has 0 aliphatic carbocycles. The Morgan fingerprint density at radius 3 is 2.31 bits per heavy atom. The van der Waals surface area contributed by atoms with Gasteiger partial charge in [0.2, 0.25) is 5.91 Å². The smallest absolute Gasteiger partial charge is 0.405 e. The van der Waals surface area contributed by atoms with Gasteiger partial charge in [0.25, 0.3) is 0 Å². The van der Waals surface area contributed by atoms with E-state index >= 15 is 0 Å². The summed E-state index contributed by atoms with van der Waals surface area (Å²) >= 11 is 0. The van der Waals surface area contributed by atoms with E-state index in [1.165, 1.54) is 26.0 Å². The van der Waals surface area contributed by atoms with Gasteiger partial charge < -0.3 is 10.5 Å². The van der Waals surface area contributed by atoms with Crippen molar-refractivity contribution in [2.75, 3.05) is 0 Å². The van der Waals surface area contributed by atoms with E-state index < -0.39 is 12.3 Å². The number of halogens is 3. The summed E-state index contributed by atoms with van der Waals surface area (Å²) < 4.78 is 40.1. The molecule has 1 rings (SSSR count). The first kappa shape index (κ1) is 12.4. The maximum absolute atomic E-state index is 12.1. The molecule has 2 N–H and O–H groups in total. The highest BCUT2D eigenvalue weighted by Gasteiger charge is 2.33. The van der Waals surface area contributed by atoms with E-state index in [4.69, 9.17) is 5.73 Å². The van der Waals surface area contributed by atoms with Gasteiger partial charge in [-0.1, -0.05) is 6.07 Å². The van der Waals surface area contributed by atoms with Crippen molar-refractivity contribution < 1.29 is 22.7 Å². The van der Waals surface area contributed by atoms with Gasteiger partial charge in [-0.2, -0.15) is 0 Å².